The molecule has 19 heavy (non-hydrogen) atoms. The molecule has 0 aliphatic heterocycles. The van der Waals surface area contributed by atoms with Crippen molar-refractivity contribution in [1.29, 1.82) is 0 Å². The second kappa shape index (κ2) is 7.15. The Labute approximate surface area is 126 Å². The molecule has 1 rings (SSSR count). The van der Waals surface area contributed by atoms with Crippen LogP contribution in [-0.2, 0) is 0 Å². The van der Waals surface area contributed by atoms with Crippen LogP contribution in [0.15, 0.2) is 23.1 Å². The second-order valence-electron chi connectivity index (χ2n) is 4.71. The van der Waals surface area contributed by atoms with Crippen molar-refractivity contribution in [2.45, 2.75) is 50.5 Å². The molecule has 1 aromatic rings. The molecule has 0 aromatic heterocycles. The quantitative estimate of drug-likeness (QED) is 0.577. The Morgan fingerprint density at radius 2 is 1.84 bits per heavy atom. The van der Waals surface area contributed by atoms with Crippen LogP contribution in [0.1, 0.15) is 45.6 Å². The van der Waals surface area contributed by atoms with Crippen molar-refractivity contribution in [2.24, 2.45) is 5.73 Å². The molecule has 0 bridgehead atoms. The van der Waals surface area contributed by atoms with Crippen molar-refractivity contribution in [3.05, 3.63) is 23.8 Å². The third-order valence-corrected chi connectivity index (χ3v) is 4.91. The van der Waals surface area contributed by atoms with Crippen LogP contribution in [0.25, 0.3) is 0 Å². The van der Waals surface area contributed by atoms with E-state index >= 15 is 0 Å². The molecule has 1 aromatic carbocycles. The van der Waals surface area contributed by atoms with Crippen LogP contribution < -0.4 is 11.1 Å². The first-order valence-electron chi connectivity index (χ1n) is 6.78. The van der Waals surface area contributed by atoms with E-state index in [1.165, 1.54) is 0 Å². The van der Waals surface area contributed by atoms with Gasteiger partial charge in [-0.1, -0.05) is 39.1 Å². The van der Waals surface area contributed by atoms with E-state index in [1.807, 2.05) is 6.26 Å². The highest BCUT2D eigenvalue weighted by atomic mass is 32.2. The van der Waals surface area contributed by atoms with Crippen LogP contribution in [0.3, 0.4) is 0 Å². The molecule has 4 heteroatoms. The van der Waals surface area contributed by atoms with Gasteiger partial charge in [-0.05, 0) is 37.7 Å². The van der Waals surface area contributed by atoms with E-state index in [2.05, 4.69) is 44.3 Å². The summed E-state index contributed by atoms with van der Waals surface area (Å²) in [6.07, 6.45) is 5.30. The van der Waals surface area contributed by atoms with Gasteiger partial charge in [-0.25, -0.2) is 0 Å². The van der Waals surface area contributed by atoms with Crippen molar-refractivity contribution in [1.82, 2.24) is 0 Å². The number of rotatable bonds is 7. The Bertz CT molecular complexity index is 432. The molecule has 0 spiro atoms. The monoisotopic (exact) mass is 296 g/mol. The summed E-state index contributed by atoms with van der Waals surface area (Å²) in [5.41, 5.74) is 8.07. The van der Waals surface area contributed by atoms with E-state index in [0.717, 1.165) is 35.4 Å². The Balaban J connectivity index is 3.23. The van der Waals surface area contributed by atoms with Gasteiger partial charge in [-0.15, -0.1) is 11.8 Å². The van der Waals surface area contributed by atoms with Crippen molar-refractivity contribution in [3.8, 4) is 0 Å². The molecule has 0 atom stereocenters. The maximum absolute atomic E-state index is 5.91. The van der Waals surface area contributed by atoms with Gasteiger partial charge in [0, 0.05) is 21.7 Å². The molecule has 0 aliphatic carbocycles. The van der Waals surface area contributed by atoms with Crippen molar-refractivity contribution in [2.75, 3.05) is 11.6 Å². The first-order valence-corrected chi connectivity index (χ1v) is 8.41. The molecule has 0 amide bonds. The van der Waals surface area contributed by atoms with E-state index in [9.17, 15) is 0 Å². The molecular weight excluding hydrogens is 272 g/mol. The predicted molar refractivity (Wildman–Crippen MR) is 91.3 cm³/mol. The number of nitrogens with two attached hydrogens (primary N) is 1. The van der Waals surface area contributed by atoms with E-state index in [0.29, 0.717) is 4.99 Å². The van der Waals surface area contributed by atoms with Gasteiger partial charge in [0.25, 0.3) is 0 Å². The average molecular weight is 297 g/mol. The number of nitrogens with one attached hydrogen (secondary N) is 1. The fourth-order valence-corrected chi connectivity index (χ4v) is 3.28. The first kappa shape index (κ1) is 16.3. The molecule has 0 heterocycles. The number of thiocarbonyl (C=S) groups is 1. The van der Waals surface area contributed by atoms with Gasteiger partial charge >= 0.3 is 0 Å². The SMILES string of the molecule is CCC(CC)(CC)Nc1cccc(SC)c1C(N)=S. The zero-order valence-electron chi connectivity index (χ0n) is 12.2. The van der Waals surface area contributed by atoms with Crippen LogP contribution in [0.5, 0.6) is 0 Å². The van der Waals surface area contributed by atoms with E-state index in [-0.39, 0.29) is 5.54 Å². The predicted octanol–water partition coefficient (Wildman–Crippen LogP) is 4.42. The normalized spacial score (nSPS) is 11.4. The van der Waals surface area contributed by atoms with Crippen LogP contribution in [0, 0.1) is 0 Å². The van der Waals surface area contributed by atoms with E-state index in [1.54, 1.807) is 11.8 Å². The molecule has 0 aliphatic rings. The Hall–Kier alpha value is -0.740. The summed E-state index contributed by atoms with van der Waals surface area (Å²) in [6.45, 7) is 6.66. The number of hydrogen-bond donors (Lipinski definition) is 2. The maximum atomic E-state index is 5.91. The molecule has 2 nitrogen and oxygen atoms in total. The van der Waals surface area contributed by atoms with Crippen LogP contribution in [-0.4, -0.2) is 16.8 Å². The lowest BCUT2D eigenvalue weighted by Crippen LogP contribution is -2.37. The number of benzene rings is 1. The Morgan fingerprint density at radius 1 is 1.26 bits per heavy atom. The van der Waals surface area contributed by atoms with Gasteiger partial charge < -0.3 is 11.1 Å². The van der Waals surface area contributed by atoms with Crippen LogP contribution >= 0.6 is 24.0 Å². The summed E-state index contributed by atoms with van der Waals surface area (Å²) in [6, 6.07) is 6.20. The van der Waals surface area contributed by atoms with Gasteiger partial charge in [0.1, 0.15) is 4.99 Å². The smallest absolute Gasteiger partial charge is 0.107 e. The lowest BCUT2D eigenvalue weighted by molar-refractivity contribution is 0.420. The molecule has 106 valence electrons. The van der Waals surface area contributed by atoms with Crippen LogP contribution in [0.2, 0.25) is 0 Å². The van der Waals surface area contributed by atoms with Gasteiger partial charge in [-0.3, -0.25) is 0 Å². The van der Waals surface area contributed by atoms with Gasteiger partial charge in [0.2, 0.25) is 0 Å². The molecule has 0 unspecified atom stereocenters. The zero-order valence-corrected chi connectivity index (χ0v) is 13.9. The summed E-state index contributed by atoms with van der Waals surface area (Å²) >= 11 is 6.90. The summed E-state index contributed by atoms with van der Waals surface area (Å²) in [4.78, 5) is 1.60. The minimum absolute atomic E-state index is 0.122. The summed E-state index contributed by atoms with van der Waals surface area (Å²) in [5, 5.41) is 3.69. The summed E-state index contributed by atoms with van der Waals surface area (Å²) < 4.78 is 0. The molecule has 3 N–H and O–H groups in total. The second-order valence-corrected chi connectivity index (χ2v) is 6.00. The van der Waals surface area contributed by atoms with E-state index in [4.69, 9.17) is 18.0 Å². The lowest BCUT2D eigenvalue weighted by Gasteiger charge is -2.34. The van der Waals surface area contributed by atoms with Crippen molar-refractivity contribution < 1.29 is 0 Å². The van der Waals surface area contributed by atoms with Crippen molar-refractivity contribution >= 4 is 34.7 Å². The van der Waals surface area contributed by atoms with Gasteiger partial charge in [0.05, 0.1) is 0 Å². The first-order chi connectivity index (χ1) is 9.03. The topological polar surface area (TPSA) is 38.0 Å². The number of hydrogen-bond acceptors (Lipinski definition) is 3. The molecule has 0 radical (unpaired) electrons. The summed E-state index contributed by atoms with van der Waals surface area (Å²) in [5.74, 6) is 0. The number of anilines is 1. The highest BCUT2D eigenvalue weighted by Gasteiger charge is 2.25. The maximum Gasteiger partial charge on any atom is 0.107 e. The van der Waals surface area contributed by atoms with Gasteiger partial charge in [-0.2, -0.15) is 0 Å². The molecule has 0 saturated heterocycles. The largest absolute Gasteiger partial charge is 0.389 e. The van der Waals surface area contributed by atoms with Crippen LogP contribution in [0.4, 0.5) is 5.69 Å². The fourth-order valence-electron chi connectivity index (χ4n) is 2.36. The molecule has 0 fully saturated rings. The summed E-state index contributed by atoms with van der Waals surface area (Å²) in [7, 11) is 0. The third-order valence-electron chi connectivity index (χ3n) is 3.92. The van der Waals surface area contributed by atoms with Gasteiger partial charge in [0.15, 0.2) is 0 Å². The molecular formula is C15H24N2S2. The zero-order chi connectivity index (χ0) is 14.5. The standard InChI is InChI=1S/C15H24N2S2/c1-5-15(6-2,7-3)17-11-9-8-10-12(19-4)13(11)14(16)18/h8-10,17H,5-7H2,1-4H3,(H2,16,18). The van der Waals surface area contributed by atoms with Crippen molar-refractivity contribution in [3.63, 3.8) is 0 Å². The average Bonchev–Trinajstić information content (AvgIpc) is 2.44. The third kappa shape index (κ3) is 3.63. The molecule has 0 saturated carbocycles. The van der Waals surface area contributed by atoms with E-state index < -0.39 is 0 Å². The fraction of sp³-hybridized carbons (Fsp3) is 0.533. The highest BCUT2D eigenvalue weighted by Crippen LogP contribution is 2.32. The highest BCUT2D eigenvalue weighted by molar-refractivity contribution is 7.98. The Morgan fingerprint density at radius 3 is 2.26 bits per heavy atom. The number of thioether (sulfide) groups is 1. The lowest BCUT2D eigenvalue weighted by atomic mass is 9.89. The minimum atomic E-state index is 0.122. The Kier molecular flexibility index (Phi) is 6.14. The minimum Gasteiger partial charge on any atom is -0.389 e.